The van der Waals surface area contributed by atoms with E-state index >= 15 is 0 Å². The highest BCUT2D eigenvalue weighted by Gasteiger charge is 2.37. The molecule has 0 aliphatic heterocycles. The summed E-state index contributed by atoms with van der Waals surface area (Å²) in [5, 5.41) is 65.8. The zero-order valence-corrected chi connectivity index (χ0v) is 38.1. The minimum Gasteiger partial charge on any atom is -0.508 e. The number of aliphatic hydroxyl groups excluding tert-OH is 2. The van der Waals surface area contributed by atoms with Gasteiger partial charge in [-0.15, -0.1) is 0 Å². The Kier molecular flexibility index (Phi) is 26.4. The molecule has 1 aromatic carbocycles. The number of benzene rings is 1. The molecule has 10 atom stereocenters. The normalized spacial score (nSPS) is 15.8. The molecule has 0 aliphatic rings. The zero-order valence-electron chi connectivity index (χ0n) is 35.5. The van der Waals surface area contributed by atoms with Gasteiger partial charge in [-0.25, -0.2) is 4.79 Å². The number of nitrogens with two attached hydrogens (primary N) is 2. The molecule has 0 aliphatic carbocycles. The number of aliphatic hydroxyl groups is 2. The van der Waals surface area contributed by atoms with Gasteiger partial charge >= 0.3 is 11.9 Å². The van der Waals surface area contributed by atoms with Crippen molar-refractivity contribution in [2.24, 2.45) is 11.5 Å². The summed E-state index contributed by atoms with van der Waals surface area (Å²) in [5.41, 5.74) is 11.9. The van der Waals surface area contributed by atoms with Crippen LogP contribution in [0, 0.1) is 0 Å². The number of carbonyl (C=O) groups is 9. The van der Waals surface area contributed by atoms with E-state index in [2.05, 4.69) is 62.5 Å². The van der Waals surface area contributed by atoms with Crippen LogP contribution in [0.25, 0.3) is 0 Å². The van der Waals surface area contributed by atoms with Gasteiger partial charge in [0.15, 0.2) is 0 Å². The van der Waals surface area contributed by atoms with Gasteiger partial charge in [0.05, 0.1) is 24.7 Å². The first-order valence-electron chi connectivity index (χ1n) is 20.0. The first-order chi connectivity index (χ1) is 30.1. The molecule has 23 nitrogen and oxygen atoms in total. The van der Waals surface area contributed by atoms with Gasteiger partial charge < -0.3 is 74.2 Å². The van der Waals surface area contributed by atoms with Crippen molar-refractivity contribution >= 4 is 90.3 Å². The average Bonchev–Trinajstić information content (AvgIpc) is 3.23. The topological polar surface area (TPSA) is 391 Å². The number of carboxylic acid groups (broad SMARTS) is 2. The number of aliphatic carboxylic acids is 2. The number of phenolic OH excluding ortho intramolecular Hbond substituents is 1. The number of thiol groups is 2. The van der Waals surface area contributed by atoms with Crippen LogP contribution in [0.2, 0.25) is 0 Å². The average molecular weight is 964 g/mol. The molecule has 7 amide bonds. The van der Waals surface area contributed by atoms with Crippen molar-refractivity contribution in [2.75, 3.05) is 30.1 Å². The third-order valence-corrected chi connectivity index (χ3v) is 10.7. The predicted molar refractivity (Wildman–Crippen MR) is 240 cm³/mol. The number of hydrogen-bond acceptors (Lipinski definition) is 17. The standard InChI is InChI=1S/C38H61N9O14S3/c1-18(48)29(36(58)45-27(17-63)38(60)61)47-37(59)30(19(2)49)46-33(55)23(6-4-5-12-39)41-32(54)24(11-13-64-3)42-35(57)26(15-28(51)52)44-34(56)25(43-31(53)22(40)16-62)14-20-7-9-21(50)10-8-20/h7-10,18-19,22-27,29-30,48-50,62-63H,4-6,11-17,39-40H2,1-3H3,(H,41,54)(H,42,57)(H,43,53)(H,44,56)(H,45,58)(H,46,55)(H,47,59)(H,51,52)(H,60,61)/t18-,19-,22+,23+,24+,25+,26+,27+,29+,30+/m1/s1. The van der Waals surface area contributed by atoms with Crippen molar-refractivity contribution < 1.29 is 68.7 Å². The number of phenols is 1. The zero-order chi connectivity index (χ0) is 48.7. The summed E-state index contributed by atoms with van der Waals surface area (Å²) in [6.45, 7) is 2.46. The molecule has 0 spiro atoms. The molecule has 1 aromatic rings. The lowest BCUT2D eigenvalue weighted by molar-refractivity contribution is -0.142. The fourth-order valence-corrected chi connectivity index (χ4v) is 6.54. The number of thioether (sulfide) groups is 1. The summed E-state index contributed by atoms with van der Waals surface area (Å²) in [7, 11) is 0. The van der Waals surface area contributed by atoms with Crippen molar-refractivity contribution in [3.63, 3.8) is 0 Å². The minimum absolute atomic E-state index is 0.0672. The molecule has 16 N–H and O–H groups in total. The summed E-state index contributed by atoms with van der Waals surface area (Å²) >= 11 is 9.14. The first kappa shape index (κ1) is 57.2. The van der Waals surface area contributed by atoms with E-state index in [0.717, 1.165) is 13.8 Å². The third-order valence-electron chi connectivity index (χ3n) is 9.30. The van der Waals surface area contributed by atoms with Crippen LogP contribution in [0.3, 0.4) is 0 Å². The van der Waals surface area contributed by atoms with Gasteiger partial charge in [0, 0.05) is 17.9 Å². The maximum atomic E-state index is 13.9. The maximum absolute atomic E-state index is 13.9. The molecule has 64 heavy (non-hydrogen) atoms. The molecule has 1 rings (SSSR count). The smallest absolute Gasteiger partial charge is 0.327 e. The van der Waals surface area contributed by atoms with Crippen molar-refractivity contribution in [3.8, 4) is 5.75 Å². The summed E-state index contributed by atoms with van der Waals surface area (Å²) in [6.07, 6.45) is -2.16. The number of rotatable bonds is 30. The lowest BCUT2D eigenvalue weighted by Crippen LogP contribution is -2.63. The van der Waals surface area contributed by atoms with Crippen molar-refractivity contribution in [1.29, 1.82) is 0 Å². The highest BCUT2D eigenvalue weighted by Crippen LogP contribution is 2.13. The largest absolute Gasteiger partial charge is 0.508 e. The van der Waals surface area contributed by atoms with E-state index in [9.17, 15) is 68.7 Å². The van der Waals surface area contributed by atoms with Gasteiger partial charge in [0.2, 0.25) is 41.4 Å². The Bertz CT molecular complexity index is 1750. The molecular formula is C38H61N9O14S3. The molecule has 0 unspecified atom stereocenters. The molecule has 0 saturated carbocycles. The van der Waals surface area contributed by atoms with Crippen LogP contribution in [0.4, 0.5) is 0 Å². The second-order valence-electron chi connectivity index (χ2n) is 14.6. The fourth-order valence-electron chi connectivity index (χ4n) is 5.66. The molecular weight excluding hydrogens is 903 g/mol. The number of nitrogens with one attached hydrogen (secondary N) is 7. The molecule has 0 aromatic heterocycles. The van der Waals surface area contributed by atoms with Crippen molar-refractivity contribution in [1.82, 2.24) is 37.2 Å². The lowest BCUT2D eigenvalue weighted by atomic mass is 10.0. The highest BCUT2D eigenvalue weighted by atomic mass is 32.2. The first-order valence-corrected chi connectivity index (χ1v) is 22.6. The van der Waals surface area contributed by atoms with Crippen LogP contribution in [-0.2, 0) is 49.6 Å². The van der Waals surface area contributed by atoms with Gasteiger partial charge in [0.1, 0.15) is 48.0 Å². The second kappa shape index (κ2) is 29.6. The van der Waals surface area contributed by atoms with Crippen LogP contribution < -0.4 is 48.7 Å². The summed E-state index contributed by atoms with van der Waals surface area (Å²) < 4.78 is 0. The molecule has 0 radical (unpaired) electrons. The van der Waals surface area contributed by atoms with Gasteiger partial charge in [-0.3, -0.25) is 38.4 Å². The van der Waals surface area contributed by atoms with E-state index in [1.165, 1.54) is 36.0 Å². The fraction of sp³-hybridized carbons (Fsp3) is 0.605. The number of unbranched alkanes of at least 4 members (excludes halogenated alkanes) is 1. The number of aromatic hydroxyl groups is 1. The Morgan fingerprint density at radius 3 is 1.56 bits per heavy atom. The molecule has 360 valence electrons. The van der Waals surface area contributed by atoms with Gasteiger partial charge in [-0.05, 0) is 75.8 Å². The summed E-state index contributed by atoms with van der Waals surface area (Å²) in [5.74, 6) is -10.3. The monoisotopic (exact) mass is 963 g/mol. The van der Waals surface area contributed by atoms with E-state index in [0.29, 0.717) is 12.0 Å². The summed E-state index contributed by atoms with van der Waals surface area (Å²) in [4.78, 5) is 117. The molecule has 26 heteroatoms. The van der Waals surface area contributed by atoms with Crippen molar-refractivity contribution in [3.05, 3.63) is 29.8 Å². The van der Waals surface area contributed by atoms with E-state index in [1.54, 1.807) is 6.26 Å². The Morgan fingerprint density at radius 1 is 0.625 bits per heavy atom. The van der Waals surface area contributed by atoms with E-state index in [4.69, 9.17) is 11.5 Å². The number of hydrogen-bond donors (Lipinski definition) is 16. The lowest BCUT2D eigenvalue weighted by Gasteiger charge is -2.29. The summed E-state index contributed by atoms with van der Waals surface area (Å²) in [6, 6.07) is -6.62. The predicted octanol–water partition coefficient (Wildman–Crippen LogP) is -4.28. The molecule has 0 heterocycles. The van der Waals surface area contributed by atoms with Gasteiger partial charge in [-0.1, -0.05) is 12.1 Å². The quantitative estimate of drug-likeness (QED) is 0.0256. The van der Waals surface area contributed by atoms with Gasteiger partial charge in [0.25, 0.3) is 0 Å². The van der Waals surface area contributed by atoms with E-state index < -0.39 is 120 Å². The van der Waals surface area contributed by atoms with Crippen LogP contribution in [0.15, 0.2) is 24.3 Å². The maximum Gasteiger partial charge on any atom is 0.327 e. The second-order valence-corrected chi connectivity index (χ2v) is 16.3. The Hall–Kier alpha value is -4.86. The number of carbonyl (C=O) groups excluding carboxylic acids is 7. The highest BCUT2D eigenvalue weighted by molar-refractivity contribution is 7.98. The van der Waals surface area contributed by atoms with Crippen LogP contribution in [-0.4, -0.2) is 169 Å². The Labute approximate surface area is 384 Å². The minimum atomic E-state index is -1.80. The van der Waals surface area contributed by atoms with Crippen LogP contribution in [0.1, 0.15) is 51.5 Å². The Balaban J connectivity index is 3.40. The van der Waals surface area contributed by atoms with Crippen LogP contribution in [0.5, 0.6) is 5.75 Å². The molecule has 0 saturated heterocycles. The molecule has 0 bridgehead atoms. The van der Waals surface area contributed by atoms with Crippen LogP contribution >= 0.6 is 37.0 Å². The Morgan fingerprint density at radius 2 is 1.08 bits per heavy atom. The van der Waals surface area contributed by atoms with Crippen molar-refractivity contribution in [2.45, 2.75) is 113 Å². The van der Waals surface area contributed by atoms with E-state index in [1.807, 2.05) is 0 Å². The SMILES string of the molecule is CSCC[C@H](NC(=O)[C@H](CC(=O)O)NC(=O)[C@H](Cc1ccc(O)cc1)NC(=O)[C@@H](N)CS)C(=O)N[C@@H](CCCCN)C(=O)N[C@H](C(=O)N[C@H](C(=O)N[C@@H](CS)C(=O)O)[C@@H](C)O)[C@@H](C)O. The number of amides is 7. The third kappa shape index (κ3) is 20.3. The molecule has 0 fully saturated rings. The number of carboxylic acids is 2. The van der Waals surface area contributed by atoms with Gasteiger partial charge in [-0.2, -0.15) is 37.0 Å². The van der Waals surface area contributed by atoms with E-state index in [-0.39, 0.29) is 55.2 Å².